The number of nitrogens with one attached hydrogen (secondary N) is 1. The van der Waals surface area contributed by atoms with Gasteiger partial charge in [0, 0.05) is 46.6 Å². The minimum atomic E-state index is -1.07. The standard InChI is InChI=1S/C30H32N4O5/c1-17(33-13-5-4-6-25(32)30(37)38)18-7-10-21(24(14-18)29(35)36)28-22-11-8-19(31)15-26(22)39-27-16-20(34(2)3)9-12-23(27)28/h7-12,14-16,25,31,33H,1,4-6,13,32H2,2-3H3,(H2,35,36,37,38)/p+1/t25-/m1/s1. The molecular weight excluding hydrogens is 496 g/mol. The summed E-state index contributed by atoms with van der Waals surface area (Å²) in [7, 11) is 3.88. The maximum atomic E-state index is 12.5. The monoisotopic (exact) mass is 529 g/mol. The predicted octanol–water partition coefficient (Wildman–Crippen LogP) is 3.66. The molecule has 0 radical (unpaired) electrons. The smallest absolute Gasteiger partial charge is 0.336 e. The third kappa shape index (κ3) is 5.94. The SMILES string of the molecule is C=C(NCCCC[C@@H](N)C(=O)O)c1ccc(-c2c3ccc(=[N+](C)C)cc-3oc3cc(N)ccc23)c(C(=O)O)c1. The number of nitrogens with two attached hydrogens (primary N) is 2. The first-order valence-corrected chi connectivity index (χ1v) is 12.6. The molecule has 2 aromatic rings. The molecule has 0 unspecified atom stereocenters. The van der Waals surface area contributed by atoms with Gasteiger partial charge in [0.1, 0.15) is 31.5 Å². The average molecular weight is 530 g/mol. The zero-order chi connectivity index (χ0) is 28.3. The zero-order valence-electron chi connectivity index (χ0n) is 22.0. The molecule has 9 nitrogen and oxygen atoms in total. The quantitative estimate of drug-likeness (QED) is 0.0902. The molecule has 2 aromatic carbocycles. The highest BCUT2D eigenvalue weighted by atomic mass is 16.4. The Balaban J connectivity index is 1.73. The van der Waals surface area contributed by atoms with Crippen LogP contribution in [0.3, 0.4) is 0 Å². The number of benzene rings is 3. The van der Waals surface area contributed by atoms with Gasteiger partial charge >= 0.3 is 11.9 Å². The molecule has 0 aromatic heterocycles. The zero-order valence-corrected chi connectivity index (χ0v) is 22.0. The van der Waals surface area contributed by atoms with E-state index >= 15 is 0 Å². The molecule has 1 aliphatic heterocycles. The van der Waals surface area contributed by atoms with Gasteiger partial charge in [-0.3, -0.25) is 4.79 Å². The van der Waals surface area contributed by atoms with Crippen molar-refractivity contribution in [1.29, 1.82) is 0 Å². The van der Waals surface area contributed by atoms with Crippen molar-refractivity contribution in [3.63, 3.8) is 0 Å². The summed E-state index contributed by atoms with van der Waals surface area (Å²) < 4.78 is 8.18. The van der Waals surface area contributed by atoms with E-state index in [0.29, 0.717) is 59.7 Å². The molecule has 2 aliphatic rings. The Morgan fingerprint density at radius 1 is 1.03 bits per heavy atom. The van der Waals surface area contributed by atoms with Crippen molar-refractivity contribution in [2.75, 3.05) is 26.4 Å². The Labute approximate surface area is 226 Å². The predicted molar refractivity (Wildman–Crippen MR) is 153 cm³/mol. The summed E-state index contributed by atoms with van der Waals surface area (Å²) in [6, 6.07) is 15.6. The first kappa shape index (κ1) is 27.4. The summed E-state index contributed by atoms with van der Waals surface area (Å²) in [6.07, 6.45) is 1.73. The first-order valence-electron chi connectivity index (χ1n) is 12.6. The molecule has 4 rings (SSSR count). The molecular formula is C30H33N4O5+. The number of unbranched alkanes of at least 4 members (excludes halogenated alkanes) is 1. The van der Waals surface area contributed by atoms with Gasteiger partial charge in [-0.1, -0.05) is 18.7 Å². The van der Waals surface area contributed by atoms with Crippen LogP contribution in [-0.2, 0) is 4.79 Å². The van der Waals surface area contributed by atoms with Gasteiger partial charge in [-0.05, 0) is 54.7 Å². The lowest BCUT2D eigenvalue weighted by atomic mass is 9.89. The summed E-state index contributed by atoms with van der Waals surface area (Å²) in [5, 5.41) is 24.0. The number of carboxylic acid groups (broad SMARTS) is 2. The fourth-order valence-corrected chi connectivity index (χ4v) is 4.54. The minimum Gasteiger partial charge on any atom is -0.480 e. The van der Waals surface area contributed by atoms with Gasteiger partial charge in [-0.25, -0.2) is 9.37 Å². The van der Waals surface area contributed by atoms with E-state index in [1.807, 2.05) is 49.0 Å². The van der Waals surface area contributed by atoms with Crippen LogP contribution in [0.25, 0.3) is 39.1 Å². The van der Waals surface area contributed by atoms with Crippen LogP contribution in [0.4, 0.5) is 5.69 Å². The van der Waals surface area contributed by atoms with E-state index in [-0.39, 0.29) is 5.56 Å². The second-order valence-electron chi connectivity index (χ2n) is 9.72. The second-order valence-corrected chi connectivity index (χ2v) is 9.72. The van der Waals surface area contributed by atoms with E-state index in [9.17, 15) is 14.7 Å². The lowest BCUT2D eigenvalue weighted by molar-refractivity contribution is -0.138. The van der Waals surface area contributed by atoms with Gasteiger partial charge in [-0.2, -0.15) is 0 Å². The third-order valence-electron chi connectivity index (χ3n) is 6.71. The fourth-order valence-electron chi connectivity index (χ4n) is 4.54. The summed E-state index contributed by atoms with van der Waals surface area (Å²) in [5.41, 5.74) is 16.1. The Morgan fingerprint density at radius 2 is 1.77 bits per heavy atom. The van der Waals surface area contributed by atoms with Crippen LogP contribution in [0, 0.1) is 0 Å². The molecule has 0 saturated heterocycles. The molecule has 1 aliphatic carbocycles. The maximum absolute atomic E-state index is 12.5. The summed E-state index contributed by atoms with van der Waals surface area (Å²) in [6.45, 7) is 4.62. The van der Waals surface area contributed by atoms with Crippen molar-refractivity contribution in [3.05, 3.63) is 77.7 Å². The minimum absolute atomic E-state index is 0.130. The number of aliphatic carboxylic acids is 1. The van der Waals surface area contributed by atoms with Gasteiger partial charge in [0.05, 0.1) is 11.6 Å². The van der Waals surface area contributed by atoms with Crippen LogP contribution in [0.15, 0.2) is 65.6 Å². The number of rotatable bonds is 10. The van der Waals surface area contributed by atoms with Crippen LogP contribution in [0.1, 0.15) is 35.2 Å². The van der Waals surface area contributed by atoms with E-state index in [1.54, 1.807) is 24.3 Å². The molecule has 1 heterocycles. The van der Waals surface area contributed by atoms with Crippen LogP contribution >= 0.6 is 0 Å². The maximum Gasteiger partial charge on any atom is 0.336 e. The Bertz CT molecular complexity index is 1620. The van der Waals surface area contributed by atoms with Gasteiger partial charge in [-0.15, -0.1) is 0 Å². The van der Waals surface area contributed by atoms with Gasteiger partial charge < -0.3 is 31.4 Å². The highest BCUT2D eigenvalue weighted by molar-refractivity contribution is 6.08. The number of hydrogen-bond donors (Lipinski definition) is 5. The Kier molecular flexibility index (Phi) is 8.01. The van der Waals surface area contributed by atoms with Gasteiger partial charge in [0.2, 0.25) is 5.36 Å². The highest BCUT2D eigenvalue weighted by Crippen LogP contribution is 2.42. The Hall–Kier alpha value is -4.63. The number of nitrogen functional groups attached to an aromatic ring is 1. The summed E-state index contributed by atoms with van der Waals surface area (Å²) >= 11 is 0. The molecule has 7 N–H and O–H groups in total. The number of carbonyl (C=O) groups is 2. The number of hydrogen-bond acceptors (Lipinski definition) is 6. The molecule has 0 spiro atoms. The van der Waals surface area contributed by atoms with E-state index in [0.717, 1.165) is 21.9 Å². The van der Waals surface area contributed by atoms with Crippen molar-refractivity contribution in [1.82, 2.24) is 9.89 Å². The number of anilines is 1. The topological polar surface area (TPSA) is 155 Å². The third-order valence-corrected chi connectivity index (χ3v) is 6.71. The molecule has 0 fully saturated rings. The van der Waals surface area contributed by atoms with Crippen molar-refractivity contribution in [3.8, 4) is 22.5 Å². The average Bonchev–Trinajstić information content (AvgIpc) is 2.90. The van der Waals surface area contributed by atoms with Crippen LogP contribution < -0.4 is 26.7 Å². The van der Waals surface area contributed by atoms with E-state index < -0.39 is 18.0 Å². The number of carboxylic acids is 2. The van der Waals surface area contributed by atoms with Crippen LogP contribution in [-0.4, -0.2) is 48.8 Å². The number of fused-ring (bicyclic) bond motifs is 2. The van der Waals surface area contributed by atoms with Crippen molar-refractivity contribution >= 4 is 34.3 Å². The second kappa shape index (κ2) is 11.4. The lowest BCUT2D eigenvalue weighted by Gasteiger charge is -2.18. The number of aromatic carboxylic acids is 1. The largest absolute Gasteiger partial charge is 0.480 e. The number of nitrogens with zero attached hydrogens (tertiary/aromatic N) is 1. The molecule has 0 bridgehead atoms. The van der Waals surface area contributed by atoms with Gasteiger partial charge in [0.15, 0.2) is 0 Å². The van der Waals surface area contributed by atoms with Crippen molar-refractivity contribution in [2.24, 2.45) is 5.73 Å². The summed E-state index contributed by atoms with van der Waals surface area (Å²) in [5.74, 6) is -1.46. The molecule has 0 amide bonds. The summed E-state index contributed by atoms with van der Waals surface area (Å²) in [4.78, 5) is 23.4. The van der Waals surface area contributed by atoms with Gasteiger partial charge in [0.25, 0.3) is 0 Å². The van der Waals surface area contributed by atoms with E-state index in [2.05, 4.69) is 11.9 Å². The molecule has 1 atom stereocenters. The highest BCUT2D eigenvalue weighted by Gasteiger charge is 2.23. The Morgan fingerprint density at radius 3 is 2.46 bits per heavy atom. The van der Waals surface area contributed by atoms with E-state index in [4.69, 9.17) is 21.0 Å². The molecule has 39 heavy (non-hydrogen) atoms. The molecule has 202 valence electrons. The lowest BCUT2D eigenvalue weighted by Crippen LogP contribution is -2.30. The van der Waals surface area contributed by atoms with Crippen LogP contribution in [0.5, 0.6) is 0 Å². The van der Waals surface area contributed by atoms with Crippen molar-refractivity contribution in [2.45, 2.75) is 25.3 Å². The molecule has 0 saturated carbocycles. The van der Waals surface area contributed by atoms with Crippen molar-refractivity contribution < 1.29 is 24.2 Å². The van der Waals surface area contributed by atoms with Crippen LogP contribution in [0.2, 0.25) is 0 Å². The normalized spacial score (nSPS) is 11.9. The fraction of sp³-hybridized carbons (Fsp3) is 0.233. The molecule has 9 heteroatoms. The first-order chi connectivity index (χ1) is 18.6. The van der Waals surface area contributed by atoms with E-state index in [1.165, 1.54) is 0 Å².